The minimum Gasteiger partial charge on any atom is -0.490 e. The molecule has 0 bridgehead atoms. The lowest BCUT2D eigenvalue weighted by Gasteiger charge is -2.24. The van der Waals surface area contributed by atoms with E-state index in [1.165, 1.54) is 0 Å². The lowest BCUT2D eigenvalue weighted by atomic mass is 10.1. The maximum atomic E-state index is 13.2. The van der Waals surface area contributed by atoms with Crippen molar-refractivity contribution in [3.8, 4) is 17.4 Å². The molecule has 0 radical (unpaired) electrons. The van der Waals surface area contributed by atoms with Crippen molar-refractivity contribution in [1.29, 1.82) is 0 Å². The molecule has 1 aliphatic heterocycles. The summed E-state index contributed by atoms with van der Waals surface area (Å²) in [5, 5.41) is 4.38. The van der Waals surface area contributed by atoms with Gasteiger partial charge in [0.15, 0.2) is 11.5 Å². The van der Waals surface area contributed by atoms with Crippen molar-refractivity contribution in [2.75, 3.05) is 13.2 Å². The third kappa shape index (κ3) is 6.09. The third-order valence-corrected chi connectivity index (χ3v) is 5.70. The highest BCUT2D eigenvalue weighted by Crippen LogP contribution is 2.32. The highest BCUT2D eigenvalue weighted by Gasteiger charge is 2.19. The average molecular weight is 450 g/mol. The number of amides is 1. The van der Waals surface area contributed by atoms with Crippen LogP contribution in [0.3, 0.4) is 0 Å². The Morgan fingerprint density at radius 3 is 2.67 bits per heavy atom. The van der Waals surface area contributed by atoms with Crippen LogP contribution in [0.4, 0.5) is 0 Å². The standard InChI is InChI=1S/C25H31N5O3/c1-19-27-20(2)30(28-19)16-13-24(31)29-15-7-3-4-8-17-32-22-11-5-6-12-23(22)33-25-21(18-29)10-9-14-26-25/h5-6,9-12,14H,3-4,7-8,13,15-18H2,1-2H3. The molecule has 0 fully saturated rings. The molecule has 0 aliphatic carbocycles. The Bertz CT molecular complexity index is 1080. The minimum absolute atomic E-state index is 0.0909. The molecule has 1 aromatic carbocycles. The van der Waals surface area contributed by atoms with E-state index in [-0.39, 0.29) is 5.91 Å². The second-order valence-electron chi connectivity index (χ2n) is 8.27. The summed E-state index contributed by atoms with van der Waals surface area (Å²) in [6, 6.07) is 11.5. The van der Waals surface area contributed by atoms with Crippen LogP contribution in [0.25, 0.3) is 0 Å². The van der Waals surface area contributed by atoms with Gasteiger partial charge in [-0.2, -0.15) is 5.10 Å². The molecule has 0 atom stereocenters. The number of hydrogen-bond acceptors (Lipinski definition) is 6. The predicted octanol–water partition coefficient (Wildman–Crippen LogP) is 4.45. The number of carbonyl (C=O) groups excluding carboxylic acids is 1. The monoisotopic (exact) mass is 449 g/mol. The van der Waals surface area contributed by atoms with Crippen LogP contribution in [0, 0.1) is 13.8 Å². The van der Waals surface area contributed by atoms with E-state index in [9.17, 15) is 4.79 Å². The van der Waals surface area contributed by atoms with Gasteiger partial charge in [-0.1, -0.05) is 31.0 Å². The summed E-state index contributed by atoms with van der Waals surface area (Å²) in [4.78, 5) is 23.9. The van der Waals surface area contributed by atoms with E-state index in [1.807, 2.05) is 55.1 Å². The Morgan fingerprint density at radius 1 is 1.03 bits per heavy atom. The Morgan fingerprint density at radius 2 is 1.85 bits per heavy atom. The van der Waals surface area contributed by atoms with E-state index >= 15 is 0 Å². The molecule has 4 rings (SSSR count). The Kier molecular flexibility index (Phi) is 7.55. The van der Waals surface area contributed by atoms with Gasteiger partial charge < -0.3 is 14.4 Å². The number of hydrogen-bond donors (Lipinski definition) is 0. The summed E-state index contributed by atoms with van der Waals surface area (Å²) in [5.41, 5.74) is 0.866. The molecular formula is C25H31N5O3. The molecule has 0 saturated heterocycles. The smallest absolute Gasteiger partial charge is 0.224 e. The van der Waals surface area contributed by atoms with Gasteiger partial charge in [0.25, 0.3) is 0 Å². The van der Waals surface area contributed by atoms with E-state index in [4.69, 9.17) is 9.47 Å². The molecule has 8 nitrogen and oxygen atoms in total. The maximum Gasteiger partial charge on any atom is 0.224 e. The van der Waals surface area contributed by atoms with Crippen LogP contribution >= 0.6 is 0 Å². The number of para-hydroxylation sites is 2. The Labute approximate surface area is 194 Å². The summed E-state index contributed by atoms with van der Waals surface area (Å²) in [7, 11) is 0. The molecule has 174 valence electrons. The Hall–Kier alpha value is -3.42. The van der Waals surface area contributed by atoms with Gasteiger partial charge in [-0.15, -0.1) is 0 Å². The number of fused-ring (bicyclic) bond motifs is 2. The van der Waals surface area contributed by atoms with Crippen molar-refractivity contribution >= 4 is 5.91 Å². The maximum absolute atomic E-state index is 13.2. The van der Waals surface area contributed by atoms with Crippen molar-refractivity contribution < 1.29 is 14.3 Å². The largest absolute Gasteiger partial charge is 0.490 e. The van der Waals surface area contributed by atoms with Gasteiger partial charge in [-0.05, 0) is 44.9 Å². The topological polar surface area (TPSA) is 82.4 Å². The van der Waals surface area contributed by atoms with E-state index in [1.54, 1.807) is 10.9 Å². The molecule has 0 N–H and O–H groups in total. The molecule has 2 aromatic heterocycles. The number of aromatic nitrogens is 4. The first kappa shape index (κ1) is 22.8. The van der Waals surface area contributed by atoms with Crippen LogP contribution in [-0.2, 0) is 17.9 Å². The van der Waals surface area contributed by atoms with Crippen molar-refractivity contribution in [3.05, 3.63) is 59.8 Å². The van der Waals surface area contributed by atoms with Gasteiger partial charge in [0, 0.05) is 24.7 Å². The number of rotatable bonds is 3. The normalized spacial score (nSPS) is 14.9. The fourth-order valence-electron chi connectivity index (χ4n) is 3.96. The van der Waals surface area contributed by atoms with E-state index in [0.29, 0.717) is 50.0 Å². The van der Waals surface area contributed by atoms with Crippen molar-refractivity contribution in [2.24, 2.45) is 0 Å². The molecule has 8 heteroatoms. The lowest BCUT2D eigenvalue weighted by Crippen LogP contribution is -2.32. The second kappa shape index (κ2) is 10.9. The van der Waals surface area contributed by atoms with Gasteiger partial charge in [0.05, 0.1) is 19.7 Å². The molecule has 0 spiro atoms. The number of carbonyl (C=O) groups is 1. The first-order valence-electron chi connectivity index (χ1n) is 11.6. The lowest BCUT2D eigenvalue weighted by molar-refractivity contribution is -0.132. The molecule has 0 unspecified atom stereocenters. The number of benzene rings is 1. The van der Waals surface area contributed by atoms with E-state index in [0.717, 1.165) is 42.9 Å². The van der Waals surface area contributed by atoms with Crippen molar-refractivity contribution in [1.82, 2.24) is 24.6 Å². The quantitative estimate of drug-likeness (QED) is 0.587. The summed E-state index contributed by atoms with van der Waals surface area (Å²) < 4.78 is 13.9. The van der Waals surface area contributed by atoms with Crippen LogP contribution in [0.5, 0.6) is 17.4 Å². The molecule has 3 aromatic rings. The number of pyridine rings is 1. The summed E-state index contributed by atoms with van der Waals surface area (Å²) in [6.45, 7) is 6.06. The molecule has 1 amide bonds. The Balaban J connectivity index is 1.54. The molecule has 0 saturated carbocycles. The predicted molar refractivity (Wildman–Crippen MR) is 124 cm³/mol. The summed E-state index contributed by atoms with van der Waals surface area (Å²) in [5.74, 6) is 3.46. The van der Waals surface area contributed by atoms with Crippen LogP contribution in [0.1, 0.15) is 49.3 Å². The zero-order valence-electron chi connectivity index (χ0n) is 19.4. The highest BCUT2D eigenvalue weighted by molar-refractivity contribution is 5.76. The van der Waals surface area contributed by atoms with Crippen LogP contribution in [0.2, 0.25) is 0 Å². The first-order valence-corrected chi connectivity index (χ1v) is 11.6. The molecular weight excluding hydrogens is 418 g/mol. The van der Waals surface area contributed by atoms with Crippen LogP contribution < -0.4 is 9.47 Å². The van der Waals surface area contributed by atoms with E-state index in [2.05, 4.69) is 15.1 Å². The number of ether oxygens (including phenoxy) is 2. The SMILES string of the molecule is Cc1nc(C)n(CCC(=O)N2CCCCCCOc3ccccc3Oc3ncccc3C2)n1. The van der Waals surface area contributed by atoms with E-state index < -0.39 is 0 Å². The number of aryl methyl sites for hydroxylation is 3. The highest BCUT2D eigenvalue weighted by atomic mass is 16.5. The number of nitrogens with zero attached hydrogens (tertiary/aromatic N) is 5. The zero-order chi connectivity index (χ0) is 23.0. The van der Waals surface area contributed by atoms with Crippen LogP contribution in [0.15, 0.2) is 42.6 Å². The fourth-order valence-corrected chi connectivity index (χ4v) is 3.96. The molecule has 33 heavy (non-hydrogen) atoms. The van der Waals surface area contributed by atoms with Crippen molar-refractivity contribution in [2.45, 2.75) is 59.0 Å². The van der Waals surface area contributed by atoms with Gasteiger partial charge in [0.2, 0.25) is 11.8 Å². The van der Waals surface area contributed by atoms with Gasteiger partial charge in [0.1, 0.15) is 11.6 Å². The van der Waals surface area contributed by atoms with Crippen molar-refractivity contribution in [3.63, 3.8) is 0 Å². The first-order chi connectivity index (χ1) is 16.1. The van der Waals surface area contributed by atoms with Gasteiger partial charge in [-0.3, -0.25) is 4.79 Å². The average Bonchev–Trinajstić information content (AvgIpc) is 3.14. The third-order valence-electron chi connectivity index (χ3n) is 5.70. The summed E-state index contributed by atoms with van der Waals surface area (Å²) in [6.07, 6.45) is 6.08. The second-order valence-corrected chi connectivity index (χ2v) is 8.27. The van der Waals surface area contributed by atoms with Crippen LogP contribution in [-0.4, -0.2) is 43.7 Å². The summed E-state index contributed by atoms with van der Waals surface area (Å²) >= 11 is 0. The van der Waals surface area contributed by atoms with Gasteiger partial charge in [-0.25, -0.2) is 14.6 Å². The minimum atomic E-state index is 0.0909. The fraction of sp³-hybridized carbons (Fsp3) is 0.440. The van der Waals surface area contributed by atoms with Gasteiger partial charge >= 0.3 is 0 Å². The molecule has 1 aliphatic rings. The zero-order valence-corrected chi connectivity index (χ0v) is 19.4. The molecule has 3 heterocycles.